The molecule has 1 aliphatic heterocycles. The Bertz CT molecular complexity index is 1080. The second-order valence-electron chi connectivity index (χ2n) is 7.74. The van der Waals surface area contributed by atoms with Crippen molar-refractivity contribution in [2.75, 3.05) is 5.32 Å². The molecule has 1 unspecified atom stereocenters. The average Bonchev–Trinajstić information content (AvgIpc) is 3.21. The Morgan fingerprint density at radius 2 is 1.77 bits per heavy atom. The maximum Gasteiger partial charge on any atom is 0.167 e. The van der Waals surface area contributed by atoms with Crippen LogP contribution in [0.3, 0.4) is 0 Å². The molecule has 5 N–H and O–H groups in total. The molecular formula is C20H25N5O5. The fraction of sp³-hybridized carbons (Fsp3) is 0.450. The number of aromatic hydroxyl groups is 1. The van der Waals surface area contributed by atoms with E-state index in [0.717, 1.165) is 16.8 Å². The first-order valence-electron chi connectivity index (χ1n) is 9.65. The van der Waals surface area contributed by atoms with Crippen LogP contribution < -0.4 is 5.32 Å². The summed E-state index contributed by atoms with van der Waals surface area (Å²) >= 11 is 0. The summed E-state index contributed by atoms with van der Waals surface area (Å²) in [6, 6.07) is 3.60. The minimum atomic E-state index is -1.25. The number of hydrogen-bond donors (Lipinski definition) is 5. The smallest absolute Gasteiger partial charge is 0.167 e. The van der Waals surface area contributed by atoms with Crippen LogP contribution in [0, 0.1) is 20.8 Å². The van der Waals surface area contributed by atoms with Gasteiger partial charge in [-0.25, -0.2) is 15.0 Å². The van der Waals surface area contributed by atoms with Crippen molar-refractivity contribution in [2.45, 2.75) is 58.3 Å². The molecular weight excluding hydrogens is 390 g/mol. The van der Waals surface area contributed by atoms with Crippen LogP contribution in [0.5, 0.6) is 5.75 Å². The van der Waals surface area contributed by atoms with E-state index in [4.69, 9.17) is 4.74 Å². The number of phenolic OH excluding ortho intramolecular Hbond substituents is 1. The normalized spacial score (nSPS) is 25.0. The number of nitrogens with zero attached hydrogens (tertiary/aromatic N) is 4. The molecule has 4 rings (SSSR count). The molecule has 0 radical (unpaired) electrons. The number of fused-ring (bicyclic) bond motifs is 1. The zero-order chi connectivity index (χ0) is 21.7. The van der Waals surface area contributed by atoms with Crippen LogP contribution >= 0.6 is 0 Å². The fourth-order valence-corrected chi connectivity index (χ4v) is 3.78. The van der Waals surface area contributed by atoms with Gasteiger partial charge in [0.2, 0.25) is 0 Å². The lowest BCUT2D eigenvalue weighted by atomic mass is 10.1. The van der Waals surface area contributed by atoms with Crippen molar-refractivity contribution in [2.24, 2.45) is 0 Å². The molecule has 0 saturated carbocycles. The van der Waals surface area contributed by atoms with Crippen molar-refractivity contribution in [1.29, 1.82) is 0 Å². The average molecular weight is 415 g/mol. The lowest BCUT2D eigenvalue weighted by molar-refractivity contribution is -0.0777. The highest BCUT2D eigenvalue weighted by atomic mass is 16.6. The van der Waals surface area contributed by atoms with E-state index in [2.05, 4.69) is 20.3 Å². The van der Waals surface area contributed by atoms with Crippen molar-refractivity contribution in [1.82, 2.24) is 19.5 Å². The van der Waals surface area contributed by atoms with Crippen molar-refractivity contribution in [3.8, 4) is 5.75 Å². The molecule has 0 aliphatic carbocycles. The molecule has 1 saturated heterocycles. The number of aromatic nitrogens is 4. The molecule has 0 spiro atoms. The summed E-state index contributed by atoms with van der Waals surface area (Å²) in [6.07, 6.45) is -3.87. The minimum Gasteiger partial charge on any atom is -0.507 e. The first-order chi connectivity index (χ1) is 14.2. The van der Waals surface area contributed by atoms with Crippen LogP contribution in [-0.4, -0.2) is 64.4 Å². The number of benzene rings is 1. The summed E-state index contributed by atoms with van der Waals surface area (Å²) in [6.45, 7) is 6.84. The SMILES string of the molecule is Cc1nc(Nc2cc(C)c(O)c(C)c2)c2ncn([C@@H]3O[C@H](C(C)O)[C@@H](O)[C@H]3O)c2n1. The summed E-state index contributed by atoms with van der Waals surface area (Å²) in [5.74, 6) is 1.17. The zero-order valence-corrected chi connectivity index (χ0v) is 17.1. The topological polar surface area (TPSA) is 146 Å². The van der Waals surface area contributed by atoms with Gasteiger partial charge in [-0.2, -0.15) is 0 Å². The third kappa shape index (κ3) is 3.37. The van der Waals surface area contributed by atoms with Crippen molar-refractivity contribution >= 4 is 22.7 Å². The quantitative estimate of drug-likeness (QED) is 0.397. The Morgan fingerprint density at radius 1 is 1.10 bits per heavy atom. The summed E-state index contributed by atoms with van der Waals surface area (Å²) in [5.41, 5.74) is 3.06. The Balaban J connectivity index is 1.74. The number of imidazole rings is 1. The van der Waals surface area contributed by atoms with E-state index in [9.17, 15) is 20.4 Å². The van der Waals surface area contributed by atoms with E-state index in [1.807, 2.05) is 13.8 Å². The molecule has 1 fully saturated rings. The highest BCUT2D eigenvalue weighted by Crippen LogP contribution is 2.34. The lowest BCUT2D eigenvalue weighted by Crippen LogP contribution is -2.37. The number of hydrogen-bond acceptors (Lipinski definition) is 9. The fourth-order valence-electron chi connectivity index (χ4n) is 3.78. The minimum absolute atomic E-state index is 0.243. The predicted molar refractivity (Wildman–Crippen MR) is 109 cm³/mol. The van der Waals surface area contributed by atoms with Crippen LogP contribution in [0.15, 0.2) is 18.5 Å². The zero-order valence-electron chi connectivity index (χ0n) is 17.1. The van der Waals surface area contributed by atoms with Crippen LogP contribution in [0.1, 0.15) is 30.1 Å². The molecule has 5 atom stereocenters. The standard InChI is InChI=1S/C20H25N5O5/c1-8-5-12(6-9(2)14(8)27)24-18-13-19(23-11(4)22-18)25(7-21-13)20-16(29)15(28)17(30-20)10(3)26/h5-7,10,15-17,20,26-29H,1-4H3,(H,22,23,24)/t10?,15-,16+,17+,20+/m0/s1. The van der Waals surface area contributed by atoms with Gasteiger partial charge in [-0.05, 0) is 51.0 Å². The molecule has 1 aliphatic rings. The number of aliphatic hydroxyl groups excluding tert-OH is 3. The van der Waals surface area contributed by atoms with E-state index in [1.165, 1.54) is 17.8 Å². The van der Waals surface area contributed by atoms with Gasteiger partial charge in [0.25, 0.3) is 0 Å². The van der Waals surface area contributed by atoms with Crippen molar-refractivity contribution in [3.63, 3.8) is 0 Å². The second kappa shape index (κ2) is 7.47. The van der Waals surface area contributed by atoms with Gasteiger partial charge >= 0.3 is 0 Å². The Kier molecular flexibility index (Phi) is 5.10. The first kappa shape index (κ1) is 20.5. The van der Waals surface area contributed by atoms with E-state index in [1.54, 1.807) is 19.1 Å². The highest BCUT2D eigenvalue weighted by molar-refractivity contribution is 5.85. The van der Waals surface area contributed by atoms with E-state index < -0.39 is 30.6 Å². The monoisotopic (exact) mass is 415 g/mol. The number of phenols is 1. The molecule has 30 heavy (non-hydrogen) atoms. The Labute approximate surface area is 172 Å². The number of nitrogens with one attached hydrogen (secondary N) is 1. The van der Waals surface area contributed by atoms with Gasteiger partial charge in [0, 0.05) is 5.69 Å². The van der Waals surface area contributed by atoms with E-state index in [-0.39, 0.29) is 5.75 Å². The number of rotatable bonds is 4. The molecule has 10 nitrogen and oxygen atoms in total. The summed E-state index contributed by atoms with van der Waals surface area (Å²) in [7, 11) is 0. The maximum absolute atomic E-state index is 10.5. The molecule has 0 bridgehead atoms. The van der Waals surface area contributed by atoms with Crippen LogP contribution in [0.4, 0.5) is 11.5 Å². The summed E-state index contributed by atoms with van der Waals surface area (Å²) in [4.78, 5) is 13.3. The first-order valence-corrected chi connectivity index (χ1v) is 9.65. The third-order valence-electron chi connectivity index (χ3n) is 5.31. The van der Waals surface area contributed by atoms with Gasteiger partial charge in [0.05, 0.1) is 12.4 Å². The molecule has 160 valence electrons. The van der Waals surface area contributed by atoms with Gasteiger partial charge in [-0.1, -0.05) is 0 Å². The van der Waals surface area contributed by atoms with Gasteiger partial charge in [0.15, 0.2) is 23.2 Å². The molecule has 1 aromatic carbocycles. The van der Waals surface area contributed by atoms with Gasteiger partial charge in [-0.15, -0.1) is 0 Å². The van der Waals surface area contributed by atoms with Crippen molar-refractivity contribution in [3.05, 3.63) is 35.4 Å². The predicted octanol–water partition coefficient (Wildman–Crippen LogP) is 1.20. The van der Waals surface area contributed by atoms with E-state index >= 15 is 0 Å². The van der Waals surface area contributed by atoms with Crippen LogP contribution in [0.2, 0.25) is 0 Å². The van der Waals surface area contributed by atoms with E-state index in [0.29, 0.717) is 22.8 Å². The maximum atomic E-state index is 10.5. The Morgan fingerprint density at radius 3 is 2.37 bits per heavy atom. The number of ether oxygens (including phenoxy) is 1. The van der Waals surface area contributed by atoms with Gasteiger partial charge in [-0.3, -0.25) is 4.57 Å². The summed E-state index contributed by atoms with van der Waals surface area (Å²) in [5, 5.41) is 43.7. The van der Waals surface area contributed by atoms with Crippen molar-refractivity contribution < 1.29 is 25.2 Å². The number of aryl methyl sites for hydroxylation is 3. The summed E-state index contributed by atoms with van der Waals surface area (Å²) < 4.78 is 7.23. The molecule has 3 aromatic rings. The van der Waals surface area contributed by atoms with Crippen LogP contribution in [0.25, 0.3) is 11.2 Å². The number of anilines is 2. The van der Waals surface area contributed by atoms with Gasteiger partial charge < -0.3 is 30.5 Å². The second-order valence-corrected chi connectivity index (χ2v) is 7.74. The molecule has 2 aromatic heterocycles. The lowest BCUT2D eigenvalue weighted by Gasteiger charge is -2.17. The molecule has 0 amide bonds. The highest BCUT2D eigenvalue weighted by Gasteiger charge is 2.46. The van der Waals surface area contributed by atoms with Gasteiger partial charge in [0.1, 0.15) is 29.9 Å². The number of aliphatic hydroxyl groups is 3. The molecule has 10 heteroatoms. The Hall–Kier alpha value is -2.79. The molecule has 3 heterocycles. The third-order valence-corrected chi connectivity index (χ3v) is 5.31. The van der Waals surface area contributed by atoms with Crippen LogP contribution in [-0.2, 0) is 4.74 Å². The largest absolute Gasteiger partial charge is 0.507 e.